The van der Waals surface area contributed by atoms with E-state index < -0.39 is 0 Å². The Morgan fingerprint density at radius 3 is 2.59 bits per heavy atom. The number of anilines is 1. The maximum atomic E-state index is 13.0. The Morgan fingerprint density at radius 1 is 0.969 bits per heavy atom. The summed E-state index contributed by atoms with van der Waals surface area (Å²) in [6.07, 6.45) is 0.468. The second-order valence-corrected chi connectivity index (χ2v) is 8.40. The zero-order valence-electron chi connectivity index (χ0n) is 18.5. The molecule has 0 bridgehead atoms. The van der Waals surface area contributed by atoms with Gasteiger partial charge in [0, 0.05) is 24.6 Å². The van der Waals surface area contributed by atoms with Gasteiger partial charge < -0.3 is 14.2 Å². The zero-order chi connectivity index (χ0) is 22.1. The SMILES string of the molecule is Cc1cccc(N2CC(c3nc4ccccc4n3CCOc3ccccc3)CC2=O)c1C. The van der Waals surface area contributed by atoms with Crippen LogP contribution < -0.4 is 9.64 Å². The van der Waals surface area contributed by atoms with Crippen molar-refractivity contribution in [3.05, 3.63) is 89.7 Å². The smallest absolute Gasteiger partial charge is 0.227 e. The average Bonchev–Trinajstić information content (AvgIpc) is 3.37. The fourth-order valence-corrected chi connectivity index (χ4v) is 4.55. The molecular formula is C27H27N3O2. The molecule has 5 nitrogen and oxygen atoms in total. The second-order valence-electron chi connectivity index (χ2n) is 8.40. The van der Waals surface area contributed by atoms with E-state index in [1.165, 1.54) is 5.56 Å². The fraction of sp³-hybridized carbons (Fsp3) is 0.259. The van der Waals surface area contributed by atoms with Crippen molar-refractivity contribution in [3.8, 4) is 5.75 Å². The number of carbonyl (C=O) groups is 1. The number of nitrogens with zero attached hydrogens (tertiary/aromatic N) is 3. The fourth-order valence-electron chi connectivity index (χ4n) is 4.55. The summed E-state index contributed by atoms with van der Waals surface area (Å²) in [4.78, 5) is 19.9. The van der Waals surface area contributed by atoms with E-state index in [0.717, 1.165) is 33.9 Å². The average molecular weight is 426 g/mol. The lowest BCUT2D eigenvalue weighted by atomic mass is 10.1. The Hall–Kier alpha value is -3.60. The van der Waals surface area contributed by atoms with E-state index in [0.29, 0.717) is 26.1 Å². The molecule has 0 aliphatic carbocycles. The third kappa shape index (κ3) is 3.75. The van der Waals surface area contributed by atoms with Crippen LogP contribution in [0.15, 0.2) is 72.8 Å². The molecule has 0 radical (unpaired) electrons. The monoisotopic (exact) mass is 425 g/mol. The number of fused-ring (bicyclic) bond motifs is 1. The molecular weight excluding hydrogens is 398 g/mol. The Kier molecular flexibility index (Phi) is 5.39. The molecule has 4 aromatic rings. The quantitative estimate of drug-likeness (QED) is 0.424. The number of amides is 1. The number of imidazole rings is 1. The van der Waals surface area contributed by atoms with E-state index >= 15 is 0 Å². The van der Waals surface area contributed by atoms with Gasteiger partial charge in [0.25, 0.3) is 0 Å². The predicted molar refractivity (Wildman–Crippen MR) is 127 cm³/mol. The second kappa shape index (κ2) is 8.50. The Labute approximate surface area is 188 Å². The number of carbonyl (C=O) groups excluding carboxylic acids is 1. The number of ether oxygens (including phenoxy) is 1. The number of para-hydroxylation sites is 3. The summed E-state index contributed by atoms with van der Waals surface area (Å²) >= 11 is 0. The molecule has 1 aliphatic heterocycles. The van der Waals surface area contributed by atoms with Gasteiger partial charge in [0.1, 0.15) is 18.2 Å². The largest absolute Gasteiger partial charge is 0.492 e. The molecule has 1 amide bonds. The predicted octanol–water partition coefficient (Wildman–Crippen LogP) is 5.25. The summed E-state index contributed by atoms with van der Waals surface area (Å²) in [5.74, 6) is 2.02. The van der Waals surface area contributed by atoms with Crippen LogP contribution in [0.4, 0.5) is 5.69 Å². The first kappa shape index (κ1) is 20.3. The van der Waals surface area contributed by atoms with Crippen molar-refractivity contribution in [2.75, 3.05) is 18.1 Å². The van der Waals surface area contributed by atoms with Gasteiger partial charge in [-0.3, -0.25) is 4.79 Å². The molecule has 3 aromatic carbocycles. The highest BCUT2D eigenvalue weighted by Crippen LogP contribution is 2.35. The van der Waals surface area contributed by atoms with Crippen molar-refractivity contribution in [2.45, 2.75) is 32.7 Å². The molecule has 32 heavy (non-hydrogen) atoms. The molecule has 5 rings (SSSR count). The van der Waals surface area contributed by atoms with Gasteiger partial charge in [-0.05, 0) is 55.3 Å². The van der Waals surface area contributed by atoms with E-state index in [4.69, 9.17) is 9.72 Å². The molecule has 162 valence electrons. The highest BCUT2D eigenvalue weighted by molar-refractivity contribution is 5.97. The molecule has 1 atom stereocenters. The van der Waals surface area contributed by atoms with Gasteiger partial charge in [-0.15, -0.1) is 0 Å². The summed E-state index contributed by atoms with van der Waals surface area (Å²) in [7, 11) is 0. The minimum absolute atomic E-state index is 0.0477. The topological polar surface area (TPSA) is 47.4 Å². The van der Waals surface area contributed by atoms with Crippen LogP contribution in [0.5, 0.6) is 5.75 Å². The molecule has 1 fully saturated rings. The van der Waals surface area contributed by atoms with Gasteiger partial charge in [-0.2, -0.15) is 0 Å². The van der Waals surface area contributed by atoms with Crippen molar-refractivity contribution < 1.29 is 9.53 Å². The van der Waals surface area contributed by atoms with E-state index in [1.807, 2.05) is 65.6 Å². The van der Waals surface area contributed by atoms with E-state index in [2.05, 4.69) is 30.5 Å². The summed E-state index contributed by atoms with van der Waals surface area (Å²) in [6, 6.07) is 24.2. The van der Waals surface area contributed by atoms with Crippen molar-refractivity contribution in [2.24, 2.45) is 0 Å². The first-order valence-electron chi connectivity index (χ1n) is 11.1. The molecule has 5 heteroatoms. The van der Waals surface area contributed by atoms with Crippen LogP contribution in [0.2, 0.25) is 0 Å². The van der Waals surface area contributed by atoms with Crippen molar-refractivity contribution >= 4 is 22.6 Å². The molecule has 0 saturated carbocycles. The summed E-state index contributed by atoms with van der Waals surface area (Å²) in [6.45, 7) is 6.04. The minimum Gasteiger partial charge on any atom is -0.492 e. The minimum atomic E-state index is 0.0477. The van der Waals surface area contributed by atoms with Gasteiger partial charge in [0.2, 0.25) is 5.91 Å². The van der Waals surface area contributed by atoms with Crippen molar-refractivity contribution in [3.63, 3.8) is 0 Å². The van der Waals surface area contributed by atoms with Crippen LogP contribution in [0.25, 0.3) is 11.0 Å². The Balaban J connectivity index is 1.43. The molecule has 2 heterocycles. The molecule has 1 unspecified atom stereocenters. The standard InChI is InChI=1S/C27H27N3O2/c1-19-9-8-14-24(20(19)2)30-18-21(17-26(30)31)27-28-23-12-6-7-13-25(23)29(27)15-16-32-22-10-4-3-5-11-22/h3-14,21H,15-18H2,1-2H3. The molecule has 0 spiro atoms. The van der Waals surface area contributed by atoms with E-state index in [9.17, 15) is 4.79 Å². The molecule has 0 N–H and O–H groups in total. The lowest BCUT2D eigenvalue weighted by Gasteiger charge is -2.20. The third-order valence-electron chi connectivity index (χ3n) is 6.37. The maximum Gasteiger partial charge on any atom is 0.227 e. The van der Waals surface area contributed by atoms with E-state index in [1.54, 1.807) is 0 Å². The lowest BCUT2D eigenvalue weighted by Crippen LogP contribution is -2.25. The van der Waals surface area contributed by atoms with Crippen molar-refractivity contribution in [1.29, 1.82) is 0 Å². The van der Waals surface area contributed by atoms with Crippen LogP contribution in [-0.4, -0.2) is 28.6 Å². The Bertz CT molecular complexity index is 1260. The molecule has 1 aliphatic rings. The first-order valence-corrected chi connectivity index (χ1v) is 11.1. The zero-order valence-corrected chi connectivity index (χ0v) is 18.5. The summed E-state index contributed by atoms with van der Waals surface area (Å²) in [5, 5.41) is 0. The van der Waals surface area contributed by atoms with Gasteiger partial charge in [0.15, 0.2) is 0 Å². The van der Waals surface area contributed by atoms with Gasteiger partial charge in [-0.1, -0.05) is 42.5 Å². The number of rotatable bonds is 6. The Morgan fingerprint density at radius 2 is 1.75 bits per heavy atom. The number of aryl methyl sites for hydroxylation is 1. The van der Waals surface area contributed by atoms with Crippen molar-refractivity contribution in [1.82, 2.24) is 9.55 Å². The van der Waals surface area contributed by atoms with Gasteiger partial charge >= 0.3 is 0 Å². The number of benzene rings is 3. The maximum absolute atomic E-state index is 13.0. The van der Waals surface area contributed by atoms with Gasteiger partial charge in [0.05, 0.1) is 17.6 Å². The third-order valence-corrected chi connectivity index (χ3v) is 6.37. The summed E-state index contributed by atoms with van der Waals surface area (Å²) in [5.41, 5.74) is 5.40. The van der Waals surface area contributed by atoms with Crippen LogP contribution in [0.1, 0.15) is 29.3 Å². The summed E-state index contributed by atoms with van der Waals surface area (Å²) < 4.78 is 8.19. The number of aromatic nitrogens is 2. The highest BCUT2D eigenvalue weighted by Gasteiger charge is 2.35. The normalized spacial score (nSPS) is 16.1. The van der Waals surface area contributed by atoms with Crippen LogP contribution in [-0.2, 0) is 11.3 Å². The van der Waals surface area contributed by atoms with Crippen LogP contribution >= 0.6 is 0 Å². The van der Waals surface area contributed by atoms with Gasteiger partial charge in [-0.25, -0.2) is 4.98 Å². The number of hydrogen-bond donors (Lipinski definition) is 0. The highest BCUT2D eigenvalue weighted by atomic mass is 16.5. The van der Waals surface area contributed by atoms with Crippen LogP contribution in [0.3, 0.4) is 0 Å². The molecule has 1 aromatic heterocycles. The molecule has 1 saturated heterocycles. The lowest BCUT2D eigenvalue weighted by molar-refractivity contribution is -0.117. The van der Waals surface area contributed by atoms with Crippen LogP contribution in [0, 0.1) is 13.8 Å². The number of hydrogen-bond acceptors (Lipinski definition) is 3. The first-order chi connectivity index (χ1) is 15.6. The van der Waals surface area contributed by atoms with E-state index in [-0.39, 0.29) is 11.8 Å².